The maximum absolute atomic E-state index is 11.5. The van der Waals surface area contributed by atoms with E-state index in [4.69, 9.17) is 4.74 Å². The molecule has 0 saturated carbocycles. The predicted molar refractivity (Wildman–Crippen MR) is 65.8 cm³/mol. The third-order valence-electron chi connectivity index (χ3n) is 2.39. The number of nitrogens with one attached hydrogen (secondary N) is 1. The average molecular weight is 237 g/mol. The molecule has 2 atom stereocenters. The molecule has 1 rings (SSSR count). The van der Waals surface area contributed by atoms with Crippen LogP contribution in [0, 0.1) is 0 Å². The molecule has 1 aromatic carbocycles. The van der Waals surface area contributed by atoms with E-state index < -0.39 is 12.2 Å². The van der Waals surface area contributed by atoms with Gasteiger partial charge in [0, 0.05) is 12.1 Å². The lowest BCUT2D eigenvalue weighted by Gasteiger charge is -2.17. The van der Waals surface area contributed by atoms with Gasteiger partial charge in [0.25, 0.3) is 5.91 Å². The maximum atomic E-state index is 11.5. The topological polar surface area (TPSA) is 58.6 Å². The van der Waals surface area contributed by atoms with Gasteiger partial charge in [0.2, 0.25) is 0 Å². The highest BCUT2D eigenvalue weighted by Crippen LogP contribution is 2.25. The lowest BCUT2D eigenvalue weighted by Crippen LogP contribution is -2.36. The van der Waals surface area contributed by atoms with Gasteiger partial charge in [-0.05, 0) is 26.8 Å². The molecule has 0 aliphatic heterocycles. The van der Waals surface area contributed by atoms with E-state index in [9.17, 15) is 9.90 Å². The van der Waals surface area contributed by atoms with Crippen molar-refractivity contribution in [3.8, 4) is 5.75 Å². The first kappa shape index (κ1) is 13.5. The first-order chi connectivity index (χ1) is 8.06. The van der Waals surface area contributed by atoms with Crippen molar-refractivity contribution in [1.82, 2.24) is 5.32 Å². The van der Waals surface area contributed by atoms with Crippen LogP contribution in [-0.2, 0) is 4.79 Å². The molecule has 1 aromatic rings. The number of para-hydroxylation sites is 1. The minimum absolute atomic E-state index is 0.159. The highest BCUT2D eigenvalue weighted by atomic mass is 16.5. The smallest absolute Gasteiger partial charge is 0.260 e. The van der Waals surface area contributed by atoms with E-state index in [-0.39, 0.29) is 5.91 Å². The number of rotatable bonds is 5. The lowest BCUT2D eigenvalue weighted by molar-refractivity contribution is -0.127. The number of hydrogen-bond donors (Lipinski definition) is 2. The van der Waals surface area contributed by atoms with Crippen LogP contribution in [0.3, 0.4) is 0 Å². The van der Waals surface area contributed by atoms with Crippen molar-refractivity contribution in [3.63, 3.8) is 0 Å². The molecule has 0 radical (unpaired) electrons. The molecular formula is C13H19NO3. The zero-order valence-corrected chi connectivity index (χ0v) is 10.4. The zero-order valence-electron chi connectivity index (χ0n) is 10.4. The summed E-state index contributed by atoms with van der Waals surface area (Å²) in [6, 6.07) is 7.17. The summed E-state index contributed by atoms with van der Waals surface area (Å²) >= 11 is 0. The van der Waals surface area contributed by atoms with Crippen LogP contribution in [0.25, 0.3) is 0 Å². The van der Waals surface area contributed by atoms with Gasteiger partial charge in [-0.2, -0.15) is 0 Å². The van der Waals surface area contributed by atoms with E-state index in [0.29, 0.717) is 17.9 Å². The Balaban J connectivity index is 2.77. The molecular weight excluding hydrogens is 218 g/mol. The van der Waals surface area contributed by atoms with Crippen molar-refractivity contribution < 1.29 is 14.6 Å². The lowest BCUT2D eigenvalue weighted by atomic mass is 10.1. The van der Waals surface area contributed by atoms with Gasteiger partial charge >= 0.3 is 0 Å². The van der Waals surface area contributed by atoms with Gasteiger partial charge in [-0.1, -0.05) is 18.2 Å². The van der Waals surface area contributed by atoms with Gasteiger partial charge in [0.1, 0.15) is 5.75 Å². The minimum Gasteiger partial charge on any atom is -0.481 e. The summed E-state index contributed by atoms with van der Waals surface area (Å²) < 4.78 is 5.55. The monoisotopic (exact) mass is 237 g/mol. The van der Waals surface area contributed by atoms with Crippen molar-refractivity contribution in [2.45, 2.75) is 33.0 Å². The molecule has 2 N–H and O–H groups in total. The van der Waals surface area contributed by atoms with Gasteiger partial charge in [-0.25, -0.2) is 0 Å². The fourth-order valence-corrected chi connectivity index (χ4v) is 1.49. The molecule has 0 aromatic heterocycles. The average Bonchev–Trinajstić information content (AvgIpc) is 2.29. The summed E-state index contributed by atoms with van der Waals surface area (Å²) in [4.78, 5) is 11.5. The number of benzene rings is 1. The van der Waals surface area contributed by atoms with Gasteiger partial charge < -0.3 is 15.2 Å². The van der Waals surface area contributed by atoms with E-state index in [1.807, 2.05) is 19.1 Å². The molecule has 0 heterocycles. The fourth-order valence-electron chi connectivity index (χ4n) is 1.49. The maximum Gasteiger partial charge on any atom is 0.260 e. The second-order valence-corrected chi connectivity index (χ2v) is 3.87. The Bertz CT molecular complexity index is 377. The van der Waals surface area contributed by atoms with E-state index in [0.717, 1.165) is 0 Å². The summed E-state index contributed by atoms with van der Waals surface area (Å²) in [6.45, 7) is 5.78. The third-order valence-corrected chi connectivity index (χ3v) is 2.39. The number of amides is 1. The molecule has 1 amide bonds. The van der Waals surface area contributed by atoms with Crippen LogP contribution in [0.5, 0.6) is 5.75 Å². The molecule has 4 heteroatoms. The second kappa shape index (κ2) is 6.25. The Morgan fingerprint density at radius 2 is 2.06 bits per heavy atom. The Kier molecular flexibility index (Phi) is 4.97. The Morgan fingerprint density at radius 1 is 1.41 bits per heavy atom. The summed E-state index contributed by atoms with van der Waals surface area (Å²) in [5, 5.41) is 12.3. The van der Waals surface area contributed by atoms with Crippen LogP contribution in [-0.4, -0.2) is 23.7 Å². The fraction of sp³-hybridized carbons (Fsp3) is 0.462. The second-order valence-electron chi connectivity index (χ2n) is 3.87. The number of likely N-dealkylation sites (N-methyl/N-ethyl adjacent to an activating group) is 1. The normalized spacial score (nSPS) is 13.9. The van der Waals surface area contributed by atoms with Crippen LogP contribution in [0.4, 0.5) is 0 Å². The first-order valence-electron chi connectivity index (χ1n) is 5.77. The van der Waals surface area contributed by atoms with Gasteiger partial charge in [0.05, 0.1) is 6.10 Å². The standard InChI is InChI=1S/C13H19NO3/c1-4-14-13(16)10(3)17-12-8-6-5-7-11(12)9(2)15/h5-10,15H,4H2,1-3H3,(H,14,16)/t9-,10?/m1/s1. The molecule has 94 valence electrons. The van der Waals surface area contributed by atoms with Crippen LogP contribution >= 0.6 is 0 Å². The summed E-state index contributed by atoms with van der Waals surface area (Å²) in [7, 11) is 0. The van der Waals surface area contributed by atoms with E-state index in [2.05, 4.69) is 5.32 Å². The first-order valence-corrected chi connectivity index (χ1v) is 5.77. The molecule has 1 unspecified atom stereocenters. The Morgan fingerprint density at radius 3 is 2.65 bits per heavy atom. The predicted octanol–water partition coefficient (Wildman–Crippen LogP) is 1.64. The number of hydrogen-bond acceptors (Lipinski definition) is 3. The molecule has 0 spiro atoms. The number of carbonyl (C=O) groups is 1. The van der Waals surface area contributed by atoms with Crippen molar-refractivity contribution in [2.75, 3.05) is 6.54 Å². The molecule has 17 heavy (non-hydrogen) atoms. The van der Waals surface area contributed by atoms with Crippen LogP contribution in [0.1, 0.15) is 32.4 Å². The van der Waals surface area contributed by atoms with Gasteiger partial charge in [-0.15, -0.1) is 0 Å². The van der Waals surface area contributed by atoms with Crippen molar-refractivity contribution >= 4 is 5.91 Å². The highest BCUT2D eigenvalue weighted by molar-refractivity contribution is 5.80. The van der Waals surface area contributed by atoms with Crippen LogP contribution in [0.15, 0.2) is 24.3 Å². The Hall–Kier alpha value is -1.55. The third kappa shape index (κ3) is 3.75. The SMILES string of the molecule is CCNC(=O)C(C)Oc1ccccc1[C@@H](C)O. The van der Waals surface area contributed by atoms with Crippen molar-refractivity contribution in [3.05, 3.63) is 29.8 Å². The summed E-state index contributed by atoms with van der Waals surface area (Å²) in [5.74, 6) is 0.383. The molecule has 0 aliphatic rings. The van der Waals surface area contributed by atoms with E-state index in [1.165, 1.54) is 0 Å². The number of carbonyl (C=O) groups excluding carboxylic acids is 1. The molecule has 0 bridgehead atoms. The van der Waals surface area contributed by atoms with Crippen LogP contribution < -0.4 is 10.1 Å². The van der Waals surface area contributed by atoms with Gasteiger partial charge in [0.15, 0.2) is 6.10 Å². The Labute approximate surface area is 102 Å². The quantitative estimate of drug-likeness (QED) is 0.818. The summed E-state index contributed by atoms with van der Waals surface area (Å²) in [5.41, 5.74) is 0.684. The highest BCUT2D eigenvalue weighted by Gasteiger charge is 2.16. The van der Waals surface area contributed by atoms with Crippen molar-refractivity contribution in [1.29, 1.82) is 0 Å². The number of aliphatic hydroxyl groups excluding tert-OH is 1. The van der Waals surface area contributed by atoms with E-state index >= 15 is 0 Å². The molecule has 0 saturated heterocycles. The van der Waals surface area contributed by atoms with Gasteiger partial charge in [-0.3, -0.25) is 4.79 Å². The number of ether oxygens (including phenoxy) is 1. The largest absolute Gasteiger partial charge is 0.481 e. The number of aliphatic hydroxyl groups is 1. The zero-order chi connectivity index (χ0) is 12.8. The molecule has 4 nitrogen and oxygen atoms in total. The van der Waals surface area contributed by atoms with Crippen LogP contribution in [0.2, 0.25) is 0 Å². The van der Waals surface area contributed by atoms with Crippen molar-refractivity contribution in [2.24, 2.45) is 0 Å². The summed E-state index contributed by atoms with van der Waals surface area (Å²) in [6.07, 6.45) is -1.19. The molecule has 0 aliphatic carbocycles. The van der Waals surface area contributed by atoms with E-state index in [1.54, 1.807) is 26.0 Å². The minimum atomic E-state index is -0.618. The molecule has 0 fully saturated rings.